The summed E-state index contributed by atoms with van der Waals surface area (Å²) in [5.74, 6) is 0.346. The van der Waals surface area contributed by atoms with Crippen LogP contribution in [0, 0.1) is 0 Å². The summed E-state index contributed by atoms with van der Waals surface area (Å²) in [6.45, 7) is 0.460. The summed E-state index contributed by atoms with van der Waals surface area (Å²) in [4.78, 5) is 24.1. The van der Waals surface area contributed by atoms with E-state index in [9.17, 15) is 9.90 Å². The van der Waals surface area contributed by atoms with Crippen molar-refractivity contribution in [2.75, 3.05) is 17.3 Å². The number of alkyl halides is 1. The summed E-state index contributed by atoms with van der Waals surface area (Å²) in [7, 11) is 0. The van der Waals surface area contributed by atoms with Crippen LogP contribution in [0.4, 0.5) is 17.1 Å². The topological polar surface area (TPSA) is 65.3 Å². The Morgan fingerprint density at radius 3 is 2.77 bits per heavy atom. The number of aliphatic imine (C=N–C) groups is 2. The van der Waals surface area contributed by atoms with Crippen LogP contribution in [0.25, 0.3) is 22.9 Å². The van der Waals surface area contributed by atoms with Crippen LogP contribution >= 0.6 is 11.6 Å². The Kier molecular flexibility index (Phi) is 3.65. The highest BCUT2D eigenvalue weighted by atomic mass is 35.5. The van der Waals surface area contributed by atoms with Gasteiger partial charge in [-0.15, -0.1) is 11.6 Å². The minimum atomic E-state index is -0.192. The van der Waals surface area contributed by atoms with E-state index in [-0.39, 0.29) is 17.6 Å². The van der Waals surface area contributed by atoms with Crippen LogP contribution in [0.5, 0.6) is 5.75 Å². The monoisotopic (exact) mass is 413 g/mol. The highest BCUT2D eigenvalue weighted by molar-refractivity contribution is 6.55. The van der Waals surface area contributed by atoms with Crippen LogP contribution in [0.3, 0.4) is 0 Å². The fraction of sp³-hybridized carbons (Fsp3) is 0.125. The maximum absolute atomic E-state index is 13.5. The van der Waals surface area contributed by atoms with Crippen molar-refractivity contribution in [1.82, 2.24) is 0 Å². The number of carbonyl (C=O) groups is 1. The summed E-state index contributed by atoms with van der Waals surface area (Å²) in [5.41, 5.74) is 3.75. The predicted molar refractivity (Wildman–Crippen MR) is 121 cm³/mol. The molecule has 30 heavy (non-hydrogen) atoms. The van der Waals surface area contributed by atoms with E-state index in [0.717, 1.165) is 38.1 Å². The lowest BCUT2D eigenvalue weighted by atomic mass is 9.95. The van der Waals surface area contributed by atoms with E-state index in [1.807, 2.05) is 48.6 Å². The third kappa shape index (κ3) is 2.33. The van der Waals surface area contributed by atoms with E-state index < -0.39 is 0 Å². The lowest BCUT2D eigenvalue weighted by molar-refractivity contribution is -0.112. The molecule has 5 nitrogen and oxygen atoms in total. The Morgan fingerprint density at radius 1 is 1.13 bits per heavy atom. The number of rotatable bonds is 2. The average Bonchev–Trinajstić information content (AvgIpc) is 3.48. The number of halogens is 1. The number of nitrogens with zero attached hydrogens (tertiary/aromatic N) is 3. The zero-order chi connectivity index (χ0) is 20.4. The molecule has 3 aromatic rings. The first-order valence-corrected chi connectivity index (χ1v) is 10.3. The lowest BCUT2D eigenvalue weighted by Crippen LogP contribution is -2.35. The van der Waals surface area contributed by atoms with E-state index in [1.165, 1.54) is 0 Å². The molecule has 0 aliphatic carbocycles. The molecular formula is C24H16ClN3O2. The molecule has 0 saturated heterocycles. The van der Waals surface area contributed by atoms with Gasteiger partial charge < -0.3 is 10.0 Å². The number of anilines is 1. The molecule has 6 heteroatoms. The molecule has 3 aliphatic heterocycles. The summed E-state index contributed by atoms with van der Waals surface area (Å²) in [5, 5.41) is 14.2. The second-order valence-electron chi connectivity index (χ2n) is 7.66. The number of hydrogen-bond donors (Lipinski definition) is 1. The summed E-state index contributed by atoms with van der Waals surface area (Å²) >= 11 is 6.29. The van der Waals surface area contributed by atoms with E-state index in [1.54, 1.807) is 17.2 Å². The van der Waals surface area contributed by atoms with E-state index in [2.05, 4.69) is 9.98 Å². The first-order chi connectivity index (χ1) is 14.7. The quantitative estimate of drug-likeness (QED) is 0.655. The standard InChI is InChI=1S/C24H16ClN3O2/c25-11-13-12-28(21-10-22(29)15-3-1-2-4-16(15)23(13)21)24(30)20-9-17-14-7-8-26-18(14)5-6-19(17)27-20/h1-10,13,29H,11-12H2/t13-/m1/s1. The van der Waals surface area contributed by atoms with Crippen molar-refractivity contribution in [3.05, 3.63) is 58.5 Å². The van der Waals surface area contributed by atoms with E-state index in [4.69, 9.17) is 11.6 Å². The summed E-state index contributed by atoms with van der Waals surface area (Å²) in [6, 6.07) is 13.1. The van der Waals surface area contributed by atoms with Gasteiger partial charge in [0.05, 0.1) is 17.1 Å². The first-order valence-electron chi connectivity index (χ1n) is 9.76. The van der Waals surface area contributed by atoms with Gasteiger partial charge in [-0.05, 0) is 35.2 Å². The predicted octanol–water partition coefficient (Wildman–Crippen LogP) is 3.28. The SMILES string of the molecule is O=C(C1=Nc2ccc3c(c2=C1)=CC=N3)N1C[C@@H](CCl)c2c1cc(O)c1ccccc21. The smallest absolute Gasteiger partial charge is 0.276 e. The maximum atomic E-state index is 13.5. The molecule has 0 unspecified atom stereocenters. The van der Waals surface area contributed by atoms with Crippen molar-refractivity contribution in [2.24, 2.45) is 9.98 Å². The van der Waals surface area contributed by atoms with Crippen molar-refractivity contribution in [2.45, 2.75) is 5.92 Å². The molecule has 0 radical (unpaired) electrons. The second-order valence-corrected chi connectivity index (χ2v) is 7.97. The molecule has 3 heterocycles. The Bertz CT molecular complexity index is 1460. The number of hydrogen-bond acceptors (Lipinski definition) is 4. The molecule has 6 rings (SSSR count). The number of fused-ring (bicyclic) bond motifs is 6. The fourth-order valence-electron chi connectivity index (χ4n) is 4.63. The highest BCUT2D eigenvalue weighted by Gasteiger charge is 2.36. The van der Waals surface area contributed by atoms with Crippen molar-refractivity contribution in [3.8, 4) is 5.75 Å². The van der Waals surface area contributed by atoms with Gasteiger partial charge in [0.2, 0.25) is 0 Å². The molecule has 0 fully saturated rings. The Labute approximate surface area is 177 Å². The number of aromatic hydroxyl groups is 1. The van der Waals surface area contributed by atoms with Gasteiger partial charge in [-0.3, -0.25) is 9.79 Å². The van der Waals surface area contributed by atoms with Crippen LogP contribution in [-0.4, -0.2) is 35.4 Å². The maximum Gasteiger partial charge on any atom is 0.276 e. The number of amides is 1. The van der Waals surface area contributed by atoms with Gasteiger partial charge >= 0.3 is 0 Å². The molecule has 1 amide bonds. The normalized spacial score (nSPS) is 18.0. The molecule has 3 aromatic carbocycles. The van der Waals surface area contributed by atoms with Crippen LogP contribution in [0.2, 0.25) is 0 Å². The number of phenols is 1. The zero-order valence-electron chi connectivity index (χ0n) is 15.8. The zero-order valence-corrected chi connectivity index (χ0v) is 16.6. The molecule has 3 aliphatic rings. The number of carbonyl (C=O) groups excluding carboxylic acids is 1. The van der Waals surface area contributed by atoms with Gasteiger partial charge in [-0.2, -0.15) is 0 Å². The fourth-order valence-corrected chi connectivity index (χ4v) is 4.89. The van der Waals surface area contributed by atoms with E-state index in [0.29, 0.717) is 23.8 Å². The Balaban J connectivity index is 1.47. The second kappa shape index (κ2) is 6.28. The van der Waals surface area contributed by atoms with Gasteiger partial charge in [0, 0.05) is 46.4 Å². The average molecular weight is 414 g/mol. The minimum Gasteiger partial charge on any atom is -0.507 e. The number of phenolic OH excluding ortho intramolecular Hbond substituents is 1. The molecule has 0 spiro atoms. The summed E-state index contributed by atoms with van der Waals surface area (Å²) < 4.78 is 0. The Hall–Kier alpha value is -3.44. The molecule has 1 N–H and O–H groups in total. The molecule has 0 saturated carbocycles. The van der Waals surface area contributed by atoms with Crippen molar-refractivity contribution < 1.29 is 9.90 Å². The van der Waals surface area contributed by atoms with Crippen molar-refractivity contribution in [3.63, 3.8) is 0 Å². The van der Waals surface area contributed by atoms with Crippen molar-refractivity contribution >= 4 is 69.4 Å². The van der Waals surface area contributed by atoms with Crippen LogP contribution in [-0.2, 0) is 4.79 Å². The highest BCUT2D eigenvalue weighted by Crippen LogP contribution is 2.45. The number of benzene rings is 3. The van der Waals surface area contributed by atoms with Crippen LogP contribution in [0.15, 0.2) is 52.4 Å². The Morgan fingerprint density at radius 2 is 1.93 bits per heavy atom. The molecule has 0 aromatic heterocycles. The van der Waals surface area contributed by atoms with Gasteiger partial charge in [0.15, 0.2) is 0 Å². The summed E-state index contributed by atoms with van der Waals surface area (Å²) in [6.07, 6.45) is 5.52. The molecular weight excluding hydrogens is 398 g/mol. The first kappa shape index (κ1) is 17.4. The van der Waals surface area contributed by atoms with E-state index >= 15 is 0 Å². The molecule has 1 atom stereocenters. The third-order valence-electron chi connectivity index (χ3n) is 6.01. The lowest BCUT2D eigenvalue weighted by Gasteiger charge is -2.17. The minimum absolute atomic E-state index is 0.00789. The molecule has 146 valence electrons. The largest absolute Gasteiger partial charge is 0.507 e. The van der Waals surface area contributed by atoms with Crippen LogP contribution < -0.4 is 15.3 Å². The third-order valence-corrected chi connectivity index (χ3v) is 6.39. The van der Waals surface area contributed by atoms with Gasteiger partial charge in [0.25, 0.3) is 5.91 Å². The van der Waals surface area contributed by atoms with Crippen LogP contribution in [0.1, 0.15) is 11.5 Å². The van der Waals surface area contributed by atoms with Gasteiger partial charge in [0.1, 0.15) is 11.5 Å². The van der Waals surface area contributed by atoms with Crippen molar-refractivity contribution in [1.29, 1.82) is 0 Å². The van der Waals surface area contributed by atoms with Gasteiger partial charge in [-0.1, -0.05) is 24.3 Å². The molecule has 0 bridgehead atoms. The van der Waals surface area contributed by atoms with Gasteiger partial charge in [-0.25, -0.2) is 4.99 Å².